The van der Waals surface area contributed by atoms with Crippen LogP contribution < -0.4 is 11.1 Å². The van der Waals surface area contributed by atoms with E-state index in [1.54, 1.807) is 6.20 Å². The second-order valence-electron chi connectivity index (χ2n) is 4.35. The topological polar surface area (TPSA) is 68.0 Å². The summed E-state index contributed by atoms with van der Waals surface area (Å²) in [6.07, 6.45) is 3.05. The first kappa shape index (κ1) is 13.6. The molecule has 4 nitrogen and oxygen atoms in total. The predicted molar refractivity (Wildman–Crippen MR) is 68.3 cm³/mol. The third kappa shape index (κ3) is 3.53. The van der Waals surface area contributed by atoms with Crippen LogP contribution in [0, 0.1) is 6.92 Å². The smallest absolute Gasteiger partial charge is 0.240 e. The minimum absolute atomic E-state index is 0.0944. The molecular formula is C13H21N3O. The van der Waals surface area contributed by atoms with Crippen LogP contribution >= 0.6 is 0 Å². The largest absolute Gasteiger partial charge is 0.350 e. The number of aromatic nitrogens is 1. The third-order valence-electron chi connectivity index (χ3n) is 3.14. The van der Waals surface area contributed by atoms with E-state index in [4.69, 9.17) is 5.73 Å². The van der Waals surface area contributed by atoms with Crippen LogP contribution in [0.4, 0.5) is 0 Å². The summed E-state index contributed by atoms with van der Waals surface area (Å²) in [5.74, 6) is -0.0944. The number of carbonyl (C=O) groups excluding carboxylic acids is 1. The molecule has 4 heteroatoms. The standard InChI is InChI=1S/C13H21N3O/c1-4-13(14,5-2)12(17)16-9-11-7-6-10(3)15-8-11/h6-8H,4-5,9,14H2,1-3H3,(H,16,17). The maximum atomic E-state index is 11.9. The van der Waals surface area contributed by atoms with Gasteiger partial charge in [-0.15, -0.1) is 0 Å². The fraction of sp³-hybridized carbons (Fsp3) is 0.538. The first-order valence-electron chi connectivity index (χ1n) is 6.00. The number of aryl methyl sites for hydroxylation is 1. The van der Waals surface area contributed by atoms with E-state index in [0.717, 1.165) is 11.3 Å². The molecule has 0 atom stereocenters. The second kappa shape index (κ2) is 5.77. The van der Waals surface area contributed by atoms with Gasteiger partial charge in [0.1, 0.15) is 0 Å². The Balaban J connectivity index is 2.56. The maximum Gasteiger partial charge on any atom is 0.240 e. The Morgan fingerprint density at radius 1 is 1.41 bits per heavy atom. The molecular weight excluding hydrogens is 214 g/mol. The van der Waals surface area contributed by atoms with Crippen molar-refractivity contribution in [2.24, 2.45) is 5.73 Å². The number of carbonyl (C=O) groups is 1. The zero-order valence-corrected chi connectivity index (χ0v) is 10.8. The van der Waals surface area contributed by atoms with Gasteiger partial charge in [-0.3, -0.25) is 9.78 Å². The Hall–Kier alpha value is -1.42. The van der Waals surface area contributed by atoms with Gasteiger partial charge in [-0.25, -0.2) is 0 Å². The summed E-state index contributed by atoms with van der Waals surface area (Å²) in [4.78, 5) is 16.1. The second-order valence-corrected chi connectivity index (χ2v) is 4.35. The summed E-state index contributed by atoms with van der Waals surface area (Å²) in [5.41, 5.74) is 7.20. The number of rotatable bonds is 5. The monoisotopic (exact) mass is 235 g/mol. The lowest BCUT2D eigenvalue weighted by molar-refractivity contribution is -0.126. The molecule has 0 aliphatic heterocycles. The number of nitrogens with zero attached hydrogens (tertiary/aromatic N) is 1. The van der Waals surface area contributed by atoms with E-state index in [-0.39, 0.29) is 5.91 Å². The zero-order chi connectivity index (χ0) is 12.9. The molecule has 0 saturated heterocycles. The van der Waals surface area contributed by atoms with Gasteiger partial charge in [0.25, 0.3) is 0 Å². The summed E-state index contributed by atoms with van der Waals surface area (Å²) in [7, 11) is 0. The minimum Gasteiger partial charge on any atom is -0.350 e. The normalized spacial score (nSPS) is 11.3. The summed E-state index contributed by atoms with van der Waals surface area (Å²) in [6.45, 7) is 6.26. The van der Waals surface area contributed by atoms with E-state index in [0.29, 0.717) is 19.4 Å². The number of nitrogens with two attached hydrogens (primary N) is 1. The van der Waals surface area contributed by atoms with Gasteiger partial charge < -0.3 is 11.1 Å². The van der Waals surface area contributed by atoms with Gasteiger partial charge in [0.15, 0.2) is 0 Å². The predicted octanol–water partition coefficient (Wildman–Crippen LogP) is 1.52. The number of nitrogens with one attached hydrogen (secondary N) is 1. The SMILES string of the molecule is CCC(N)(CC)C(=O)NCc1ccc(C)nc1. The highest BCUT2D eigenvalue weighted by atomic mass is 16.2. The molecule has 0 fully saturated rings. The van der Waals surface area contributed by atoms with Crippen LogP contribution in [-0.4, -0.2) is 16.4 Å². The van der Waals surface area contributed by atoms with Gasteiger partial charge in [-0.1, -0.05) is 19.9 Å². The van der Waals surface area contributed by atoms with E-state index in [1.807, 2.05) is 32.9 Å². The van der Waals surface area contributed by atoms with Gasteiger partial charge in [-0.05, 0) is 31.4 Å². The molecule has 1 amide bonds. The maximum absolute atomic E-state index is 11.9. The molecule has 1 rings (SSSR count). The van der Waals surface area contributed by atoms with E-state index in [1.165, 1.54) is 0 Å². The Labute approximate surface area is 103 Å². The third-order valence-corrected chi connectivity index (χ3v) is 3.14. The van der Waals surface area contributed by atoms with Crippen molar-refractivity contribution in [1.29, 1.82) is 0 Å². The minimum atomic E-state index is -0.752. The van der Waals surface area contributed by atoms with Crippen LogP contribution in [0.1, 0.15) is 37.9 Å². The number of hydrogen-bond donors (Lipinski definition) is 2. The highest BCUT2D eigenvalue weighted by Crippen LogP contribution is 2.11. The molecule has 17 heavy (non-hydrogen) atoms. The van der Waals surface area contributed by atoms with Crippen molar-refractivity contribution in [1.82, 2.24) is 10.3 Å². The molecule has 0 aliphatic carbocycles. The highest BCUT2D eigenvalue weighted by molar-refractivity contribution is 5.85. The number of hydrogen-bond acceptors (Lipinski definition) is 3. The first-order valence-corrected chi connectivity index (χ1v) is 6.00. The summed E-state index contributed by atoms with van der Waals surface area (Å²) >= 11 is 0. The Morgan fingerprint density at radius 3 is 2.53 bits per heavy atom. The zero-order valence-electron chi connectivity index (χ0n) is 10.8. The quantitative estimate of drug-likeness (QED) is 0.813. The van der Waals surface area contributed by atoms with Crippen molar-refractivity contribution in [3.63, 3.8) is 0 Å². The molecule has 0 spiro atoms. The van der Waals surface area contributed by atoms with Crippen molar-refractivity contribution in [2.45, 2.75) is 45.7 Å². The van der Waals surface area contributed by atoms with Gasteiger partial charge in [0.2, 0.25) is 5.91 Å². The molecule has 3 N–H and O–H groups in total. The first-order chi connectivity index (χ1) is 8.01. The van der Waals surface area contributed by atoms with Crippen LogP contribution in [0.3, 0.4) is 0 Å². The molecule has 0 aromatic carbocycles. The Kier molecular flexibility index (Phi) is 4.63. The van der Waals surface area contributed by atoms with E-state index in [9.17, 15) is 4.79 Å². The van der Waals surface area contributed by atoms with Gasteiger partial charge in [-0.2, -0.15) is 0 Å². The molecule has 94 valence electrons. The number of pyridine rings is 1. The van der Waals surface area contributed by atoms with Gasteiger partial charge in [0, 0.05) is 18.4 Å². The lowest BCUT2D eigenvalue weighted by atomic mass is 9.93. The Morgan fingerprint density at radius 2 is 2.06 bits per heavy atom. The molecule has 0 saturated carbocycles. The van der Waals surface area contributed by atoms with Crippen LogP contribution in [-0.2, 0) is 11.3 Å². The fourth-order valence-corrected chi connectivity index (χ4v) is 1.53. The highest BCUT2D eigenvalue weighted by Gasteiger charge is 2.29. The van der Waals surface area contributed by atoms with Crippen molar-refractivity contribution in [3.05, 3.63) is 29.6 Å². The average molecular weight is 235 g/mol. The van der Waals surface area contributed by atoms with Crippen molar-refractivity contribution < 1.29 is 4.79 Å². The summed E-state index contributed by atoms with van der Waals surface area (Å²) in [6, 6.07) is 3.88. The van der Waals surface area contributed by atoms with Crippen LogP contribution in [0.25, 0.3) is 0 Å². The fourth-order valence-electron chi connectivity index (χ4n) is 1.53. The average Bonchev–Trinajstić information content (AvgIpc) is 2.36. The van der Waals surface area contributed by atoms with Gasteiger partial charge >= 0.3 is 0 Å². The lowest BCUT2D eigenvalue weighted by Gasteiger charge is -2.25. The molecule has 0 aliphatic rings. The summed E-state index contributed by atoms with van der Waals surface area (Å²) < 4.78 is 0. The van der Waals surface area contributed by atoms with Crippen LogP contribution in [0.15, 0.2) is 18.3 Å². The van der Waals surface area contributed by atoms with Crippen LogP contribution in [0.2, 0.25) is 0 Å². The van der Waals surface area contributed by atoms with E-state index in [2.05, 4.69) is 10.3 Å². The van der Waals surface area contributed by atoms with E-state index >= 15 is 0 Å². The van der Waals surface area contributed by atoms with Crippen molar-refractivity contribution >= 4 is 5.91 Å². The molecule has 1 aromatic rings. The molecule has 1 heterocycles. The lowest BCUT2D eigenvalue weighted by Crippen LogP contribution is -2.52. The molecule has 0 radical (unpaired) electrons. The van der Waals surface area contributed by atoms with Crippen molar-refractivity contribution in [2.75, 3.05) is 0 Å². The van der Waals surface area contributed by atoms with E-state index < -0.39 is 5.54 Å². The van der Waals surface area contributed by atoms with Gasteiger partial charge in [0.05, 0.1) is 5.54 Å². The Bertz CT molecular complexity index is 369. The summed E-state index contributed by atoms with van der Waals surface area (Å²) in [5, 5.41) is 2.86. The number of amides is 1. The molecule has 1 aromatic heterocycles. The van der Waals surface area contributed by atoms with Crippen molar-refractivity contribution in [3.8, 4) is 0 Å². The van der Waals surface area contributed by atoms with Crippen LogP contribution in [0.5, 0.6) is 0 Å². The molecule has 0 unspecified atom stereocenters. The molecule has 0 bridgehead atoms.